The number of nitrogens with one attached hydrogen (secondary N) is 1. The number of hydrogen-bond donors (Lipinski definition) is 1. The Bertz CT molecular complexity index is 500. The van der Waals surface area contributed by atoms with Gasteiger partial charge >= 0.3 is 0 Å². The second-order valence-electron chi connectivity index (χ2n) is 5.14. The van der Waals surface area contributed by atoms with Crippen LogP contribution in [0.1, 0.15) is 19.3 Å². The summed E-state index contributed by atoms with van der Waals surface area (Å²) in [6.07, 6.45) is 2.31. The Morgan fingerprint density at radius 3 is 2.62 bits per heavy atom. The summed E-state index contributed by atoms with van der Waals surface area (Å²) in [7, 11) is 1.62. The summed E-state index contributed by atoms with van der Waals surface area (Å²) >= 11 is 5.77. The zero-order valence-electron chi connectivity index (χ0n) is 12.0. The molecule has 1 aromatic rings. The number of nitrogens with zero attached hydrogens (tertiary/aromatic N) is 1. The zero-order chi connectivity index (χ0) is 15.2. The predicted octanol–water partition coefficient (Wildman–Crippen LogP) is 1.85. The first-order valence-corrected chi connectivity index (χ1v) is 7.34. The minimum atomic E-state index is -0.116. The molecule has 5 nitrogen and oxygen atoms in total. The molecule has 1 aromatic carbocycles. The smallest absolute Gasteiger partial charge is 0.239 e. The zero-order valence-corrected chi connectivity index (χ0v) is 12.7. The van der Waals surface area contributed by atoms with Gasteiger partial charge in [0.25, 0.3) is 0 Å². The van der Waals surface area contributed by atoms with Gasteiger partial charge in [-0.25, -0.2) is 0 Å². The van der Waals surface area contributed by atoms with Gasteiger partial charge in [-0.05, 0) is 37.1 Å². The van der Waals surface area contributed by atoms with E-state index in [1.165, 1.54) is 4.90 Å². The van der Waals surface area contributed by atoms with E-state index < -0.39 is 0 Å². The number of benzene rings is 1. The van der Waals surface area contributed by atoms with Crippen LogP contribution >= 0.6 is 11.6 Å². The minimum absolute atomic E-state index is 0.0935. The van der Waals surface area contributed by atoms with Crippen molar-refractivity contribution in [2.45, 2.75) is 25.3 Å². The number of rotatable bonds is 7. The number of amides is 2. The van der Waals surface area contributed by atoms with Gasteiger partial charge in [0.2, 0.25) is 11.8 Å². The van der Waals surface area contributed by atoms with Crippen molar-refractivity contribution in [3.63, 3.8) is 0 Å². The first kappa shape index (κ1) is 15.6. The second-order valence-corrected chi connectivity index (χ2v) is 5.58. The molecule has 0 bridgehead atoms. The first-order chi connectivity index (χ1) is 10.0. The third-order valence-electron chi connectivity index (χ3n) is 3.15. The highest BCUT2D eigenvalue weighted by Crippen LogP contribution is 2.18. The van der Waals surface area contributed by atoms with Crippen LogP contribution in [0.2, 0.25) is 5.02 Å². The van der Waals surface area contributed by atoms with Gasteiger partial charge in [-0.1, -0.05) is 11.6 Å². The van der Waals surface area contributed by atoms with Gasteiger partial charge in [-0.15, -0.1) is 0 Å². The van der Waals surface area contributed by atoms with Gasteiger partial charge in [0.05, 0.1) is 19.6 Å². The maximum absolute atomic E-state index is 11.9. The quantitative estimate of drug-likeness (QED) is 0.836. The Balaban J connectivity index is 1.65. The van der Waals surface area contributed by atoms with Crippen molar-refractivity contribution in [1.29, 1.82) is 0 Å². The molecule has 2 rings (SSSR count). The van der Waals surface area contributed by atoms with E-state index in [-0.39, 0.29) is 31.4 Å². The number of hydrogen-bond acceptors (Lipinski definition) is 3. The molecule has 21 heavy (non-hydrogen) atoms. The van der Waals surface area contributed by atoms with Gasteiger partial charge in [0.15, 0.2) is 0 Å². The maximum atomic E-state index is 11.9. The van der Waals surface area contributed by atoms with E-state index >= 15 is 0 Å². The lowest BCUT2D eigenvalue weighted by Crippen LogP contribution is -2.39. The molecule has 1 N–H and O–H groups in total. The highest BCUT2D eigenvalue weighted by Gasteiger charge is 2.24. The fraction of sp³-hybridized carbons (Fsp3) is 0.467. The lowest BCUT2D eigenvalue weighted by atomic mass is 10.3. The first-order valence-electron chi connectivity index (χ1n) is 6.96. The van der Waals surface area contributed by atoms with Crippen molar-refractivity contribution >= 4 is 23.4 Å². The molecule has 1 saturated carbocycles. The Labute approximate surface area is 129 Å². The topological polar surface area (TPSA) is 58.6 Å². The van der Waals surface area contributed by atoms with Crippen molar-refractivity contribution in [1.82, 2.24) is 10.2 Å². The summed E-state index contributed by atoms with van der Waals surface area (Å²) in [6.45, 7) is 0.366. The van der Waals surface area contributed by atoms with Crippen LogP contribution in [0.5, 0.6) is 5.75 Å². The molecule has 0 saturated heterocycles. The molecule has 0 aromatic heterocycles. The molecule has 0 atom stereocenters. The molecule has 0 radical (unpaired) electrons. The molecule has 1 aliphatic rings. The summed E-state index contributed by atoms with van der Waals surface area (Å²) in [6, 6.07) is 7.27. The maximum Gasteiger partial charge on any atom is 0.239 e. The molecular weight excluding hydrogens is 292 g/mol. The van der Waals surface area contributed by atoms with Crippen LogP contribution in [-0.4, -0.2) is 43.0 Å². The van der Waals surface area contributed by atoms with E-state index in [2.05, 4.69) is 5.32 Å². The van der Waals surface area contributed by atoms with Crippen molar-refractivity contribution in [3.8, 4) is 5.75 Å². The number of carbonyl (C=O) groups excluding carboxylic acids is 2. The van der Waals surface area contributed by atoms with Crippen LogP contribution in [0.15, 0.2) is 24.3 Å². The third-order valence-corrected chi connectivity index (χ3v) is 3.40. The summed E-state index contributed by atoms with van der Waals surface area (Å²) in [4.78, 5) is 24.9. The molecule has 114 valence electrons. The highest BCUT2D eigenvalue weighted by molar-refractivity contribution is 6.30. The fourth-order valence-corrected chi connectivity index (χ4v) is 1.91. The van der Waals surface area contributed by atoms with Crippen LogP contribution in [0.25, 0.3) is 0 Å². The average Bonchev–Trinajstić information content (AvgIpc) is 3.24. The lowest BCUT2D eigenvalue weighted by Gasteiger charge is -2.17. The number of halogens is 1. The van der Waals surface area contributed by atoms with Crippen LogP contribution in [0.3, 0.4) is 0 Å². The molecule has 2 amide bonds. The Morgan fingerprint density at radius 2 is 2.00 bits per heavy atom. The van der Waals surface area contributed by atoms with Gasteiger partial charge < -0.3 is 15.0 Å². The minimum Gasteiger partial charge on any atom is -0.493 e. The van der Waals surface area contributed by atoms with Crippen LogP contribution in [0, 0.1) is 0 Å². The number of ether oxygens (including phenoxy) is 1. The summed E-state index contributed by atoms with van der Waals surface area (Å²) in [5.74, 6) is 0.447. The Kier molecular flexibility index (Phi) is 5.44. The summed E-state index contributed by atoms with van der Waals surface area (Å²) in [5, 5.41) is 3.49. The molecular formula is C15H19ClN2O3. The van der Waals surface area contributed by atoms with E-state index in [1.807, 2.05) is 0 Å². The largest absolute Gasteiger partial charge is 0.493 e. The second kappa shape index (κ2) is 7.31. The number of carbonyl (C=O) groups is 2. The third kappa shape index (κ3) is 5.63. The van der Waals surface area contributed by atoms with Crippen LogP contribution < -0.4 is 10.1 Å². The monoisotopic (exact) mass is 310 g/mol. The molecule has 1 fully saturated rings. The molecule has 0 unspecified atom stereocenters. The summed E-state index contributed by atoms with van der Waals surface area (Å²) < 4.78 is 5.45. The number of likely N-dealkylation sites (N-methyl/N-ethyl adjacent to an activating group) is 1. The van der Waals surface area contributed by atoms with Crippen LogP contribution in [0.4, 0.5) is 0 Å². The molecule has 6 heteroatoms. The van der Waals surface area contributed by atoms with E-state index in [0.717, 1.165) is 12.8 Å². The molecule has 1 aliphatic carbocycles. The van der Waals surface area contributed by atoms with E-state index in [1.54, 1.807) is 31.3 Å². The van der Waals surface area contributed by atoms with Gasteiger partial charge in [0.1, 0.15) is 5.75 Å². The fourth-order valence-electron chi connectivity index (χ4n) is 1.78. The molecule has 0 aliphatic heterocycles. The van der Waals surface area contributed by atoms with Gasteiger partial charge in [0, 0.05) is 18.1 Å². The predicted molar refractivity (Wildman–Crippen MR) is 80.4 cm³/mol. The Morgan fingerprint density at radius 1 is 1.33 bits per heavy atom. The highest BCUT2D eigenvalue weighted by atomic mass is 35.5. The van der Waals surface area contributed by atoms with Crippen molar-refractivity contribution in [3.05, 3.63) is 29.3 Å². The van der Waals surface area contributed by atoms with Crippen molar-refractivity contribution in [2.24, 2.45) is 0 Å². The SMILES string of the molecule is CN(CC(=O)NC1CC1)C(=O)CCOc1ccc(Cl)cc1. The standard InChI is InChI=1S/C15H19ClN2O3/c1-18(10-14(19)17-12-4-5-12)15(20)8-9-21-13-6-2-11(16)3-7-13/h2-3,6-7,12H,4-5,8-10H2,1H3,(H,17,19). The van der Waals surface area contributed by atoms with Crippen molar-refractivity contribution in [2.75, 3.05) is 20.2 Å². The van der Waals surface area contributed by atoms with Crippen LogP contribution in [-0.2, 0) is 9.59 Å². The van der Waals surface area contributed by atoms with E-state index in [0.29, 0.717) is 16.8 Å². The van der Waals surface area contributed by atoms with Crippen molar-refractivity contribution < 1.29 is 14.3 Å². The van der Waals surface area contributed by atoms with E-state index in [4.69, 9.17) is 16.3 Å². The average molecular weight is 311 g/mol. The summed E-state index contributed by atoms with van der Waals surface area (Å²) in [5.41, 5.74) is 0. The van der Waals surface area contributed by atoms with Gasteiger partial charge in [-0.3, -0.25) is 9.59 Å². The normalized spacial score (nSPS) is 13.6. The van der Waals surface area contributed by atoms with E-state index in [9.17, 15) is 9.59 Å². The Hall–Kier alpha value is -1.75. The lowest BCUT2D eigenvalue weighted by molar-refractivity contribution is -0.135. The molecule has 0 heterocycles. The molecule has 0 spiro atoms. The van der Waals surface area contributed by atoms with Gasteiger partial charge in [-0.2, -0.15) is 0 Å².